The first kappa shape index (κ1) is 16.5. The molecule has 0 bridgehead atoms. The van der Waals surface area contributed by atoms with Crippen LogP contribution in [0.2, 0.25) is 0 Å². The monoisotopic (exact) mass is 307 g/mol. The molecule has 0 aliphatic carbocycles. The van der Waals surface area contributed by atoms with Gasteiger partial charge in [0.25, 0.3) is 0 Å². The SMILES string of the molecule is CC(C)(C)CNS(=O)(=O)c1cc(C(=O)O)cc(F)c1F. The van der Waals surface area contributed by atoms with Gasteiger partial charge in [-0.25, -0.2) is 26.7 Å². The number of carboxylic acid groups (broad SMARTS) is 1. The van der Waals surface area contributed by atoms with Crippen molar-refractivity contribution in [3.63, 3.8) is 0 Å². The molecule has 112 valence electrons. The second-order valence-electron chi connectivity index (χ2n) is 5.46. The zero-order valence-corrected chi connectivity index (χ0v) is 12.0. The Hall–Kier alpha value is -1.54. The van der Waals surface area contributed by atoms with E-state index in [0.29, 0.717) is 12.1 Å². The lowest BCUT2D eigenvalue weighted by molar-refractivity contribution is 0.0696. The average molecular weight is 307 g/mol. The number of hydrogen-bond donors (Lipinski definition) is 2. The normalized spacial score (nSPS) is 12.4. The van der Waals surface area contributed by atoms with E-state index >= 15 is 0 Å². The molecule has 5 nitrogen and oxygen atoms in total. The van der Waals surface area contributed by atoms with Crippen LogP contribution in [0, 0.1) is 17.0 Å². The number of sulfonamides is 1. The summed E-state index contributed by atoms with van der Waals surface area (Å²) >= 11 is 0. The van der Waals surface area contributed by atoms with Gasteiger partial charge in [0, 0.05) is 6.54 Å². The van der Waals surface area contributed by atoms with Gasteiger partial charge in [0.15, 0.2) is 11.6 Å². The highest BCUT2D eigenvalue weighted by Crippen LogP contribution is 2.21. The molecule has 0 aliphatic heterocycles. The van der Waals surface area contributed by atoms with E-state index in [1.165, 1.54) is 0 Å². The number of carboxylic acids is 1. The van der Waals surface area contributed by atoms with Crippen molar-refractivity contribution in [3.05, 3.63) is 29.3 Å². The smallest absolute Gasteiger partial charge is 0.335 e. The molecular weight excluding hydrogens is 292 g/mol. The maximum Gasteiger partial charge on any atom is 0.335 e. The zero-order valence-electron chi connectivity index (χ0n) is 11.2. The fourth-order valence-electron chi connectivity index (χ4n) is 1.27. The van der Waals surface area contributed by atoms with Gasteiger partial charge < -0.3 is 5.11 Å². The first-order valence-corrected chi connectivity index (χ1v) is 7.14. The minimum atomic E-state index is -4.33. The summed E-state index contributed by atoms with van der Waals surface area (Å²) in [5.74, 6) is -4.67. The minimum absolute atomic E-state index is 0.00626. The van der Waals surface area contributed by atoms with Gasteiger partial charge in [0.1, 0.15) is 4.90 Å². The summed E-state index contributed by atoms with van der Waals surface area (Å²) in [6, 6.07) is 1.02. The van der Waals surface area contributed by atoms with Crippen molar-refractivity contribution in [2.75, 3.05) is 6.54 Å². The van der Waals surface area contributed by atoms with Crippen LogP contribution in [0.25, 0.3) is 0 Å². The number of hydrogen-bond acceptors (Lipinski definition) is 3. The molecule has 0 fully saturated rings. The van der Waals surface area contributed by atoms with Crippen molar-refractivity contribution in [1.82, 2.24) is 4.72 Å². The van der Waals surface area contributed by atoms with E-state index < -0.39 is 43.5 Å². The highest BCUT2D eigenvalue weighted by atomic mass is 32.2. The van der Waals surface area contributed by atoms with Crippen LogP contribution >= 0.6 is 0 Å². The van der Waals surface area contributed by atoms with E-state index in [4.69, 9.17) is 5.11 Å². The van der Waals surface area contributed by atoms with Crippen LogP contribution < -0.4 is 4.72 Å². The predicted molar refractivity (Wildman–Crippen MR) is 68.0 cm³/mol. The third kappa shape index (κ3) is 3.97. The summed E-state index contributed by atoms with van der Waals surface area (Å²) < 4.78 is 52.8. The van der Waals surface area contributed by atoms with Crippen molar-refractivity contribution < 1.29 is 27.1 Å². The van der Waals surface area contributed by atoms with E-state index in [0.717, 1.165) is 0 Å². The summed E-state index contributed by atoms with van der Waals surface area (Å²) in [5, 5.41) is 8.75. The van der Waals surface area contributed by atoms with E-state index in [-0.39, 0.29) is 6.54 Å². The summed E-state index contributed by atoms with van der Waals surface area (Å²) in [6.45, 7) is 5.24. The number of nitrogens with one attached hydrogen (secondary N) is 1. The van der Waals surface area contributed by atoms with Crippen LogP contribution in [0.5, 0.6) is 0 Å². The van der Waals surface area contributed by atoms with E-state index in [2.05, 4.69) is 4.72 Å². The molecule has 8 heteroatoms. The molecule has 0 saturated carbocycles. The van der Waals surface area contributed by atoms with Gasteiger partial charge in [-0.2, -0.15) is 0 Å². The number of carbonyl (C=O) groups is 1. The third-order valence-corrected chi connectivity index (χ3v) is 3.72. The van der Waals surface area contributed by atoms with Crippen molar-refractivity contribution in [2.24, 2.45) is 5.41 Å². The molecule has 0 aliphatic rings. The summed E-state index contributed by atoms with van der Waals surface area (Å²) in [7, 11) is -4.33. The Morgan fingerprint density at radius 2 is 1.85 bits per heavy atom. The largest absolute Gasteiger partial charge is 0.478 e. The molecule has 20 heavy (non-hydrogen) atoms. The maximum absolute atomic E-state index is 13.6. The molecule has 0 saturated heterocycles. The first-order chi connectivity index (χ1) is 8.94. The fraction of sp³-hybridized carbons (Fsp3) is 0.417. The van der Waals surface area contributed by atoms with Crippen molar-refractivity contribution in [2.45, 2.75) is 25.7 Å². The number of rotatable bonds is 4. The predicted octanol–water partition coefficient (Wildman–Crippen LogP) is 1.99. The summed E-state index contributed by atoms with van der Waals surface area (Å²) in [6.07, 6.45) is 0. The Bertz CT molecular complexity index is 636. The lowest BCUT2D eigenvalue weighted by Gasteiger charge is -2.19. The number of halogens is 2. The molecule has 0 amide bonds. The molecule has 1 rings (SSSR count). The molecule has 0 unspecified atom stereocenters. The first-order valence-electron chi connectivity index (χ1n) is 5.66. The van der Waals surface area contributed by atoms with Crippen LogP contribution in [-0.2, 0) is 10.0 Å². The van der Waals surface area contributed by atoms with E-state index in [1.54, 1.807) is 20.8 Å². The number of benzene rings is 1. The van der Waals surface area contributed by atoms with Crippen LogP contribution in [0.1, 0.15) is 31.1 Å². The summed E-state index contributed by atoms with van der Waals surface area (Å²) in [5.41, 5.74) is -1.05. The van der Waals surface area contributed by atoms with Gasteiger partial charge in [-0.05, 0) is 17.5 Å². The standard InChI is InChI=1S/C12H15F2NO4S/c1-12(2,3)6-15-20(18,19)9-5-7(11(16)17)4-8(13)10(9)14/h4-5,15H,6H2,1-3H3,(H,16,17). The fourth-order valence-corrected chi connectivity index (χ4v) is 2.67. The molecule has 2 N–H and O–H groups in total. The van der Waals surface area contributed by atoms with Gasteiger partial charge in [-0.3, -0.25) is 0 Å². The van der Waals surface area contributed by atoms with Gasteiger partial charge >= 0.3 is 5.97 Å². The number of aromatic carboxylic acids is 1. The Morgan fingerprint density at radius 3 is 2.30 bits per heavy atom. The molecule has 0 spiro atoms. The topological polar surface area (TPSA) is 83.5 Å². The molecule has 0 radical (unpaired) electrons. The van der Waals surface area contributed by atoms with Crippen molar-refractivity contribution >= 4 is 16.0 Å². The van der Waals surface area contributed by atoms with Gasteiger partial charge in [-0.1, -0.05) is 20.8 Å². The van der Waals surface area contributed by atoms with Crippen LogP contribution in [0.15, 0.2) is 17.0 Å². The van der Waals surface area contributed by atoms with E-state index in [1.807, 2.05) is 0 Å². The van der Waals surface area contributed by atoms with Crippen LogP contribution in [-0.4, -0.2) is 26.0 Å². The van der Waals surface area contributed by atoms with Crippen molar-refractivity contribution in [3.8, 4) is 0 Å². The molecule has 1 aromatic rings. The summed E-state index contributed by atoms with van der Waals surface area (Å²) in [4.78, 5) is 9.74. The lowest BCUT2D eigenvalue weighted by atomic mass is 9.98. The van der Waals surface area contributed by atoms with Crippen LogP contribution in [0.4, 0.5) is 8.78 Å². The lowest BCUT2D eigenvalue weighted by Crippen LogP contribution is -2.33. The van der Waals surface area contributed by atoms with E-state index in [9.17, 15) is 22.0 Å². The zero-order chi connectivity index (χ0) is 15.7. The molecule has 1 aromatic carbocycles. The van der Waals surface area contributed by atoms with Crippen molar-refractivity contribution in [1.29, 1.82) is 0 Å². The minimum Gasteiger partial charge on any atom is -0.478 e. The quantitative estimate of drug-likeness (QED) is 0.891. The Labute approximate surface area is 115 Å². The van der Waals surface area contributed by atoms with Gasteiger partial charge in [-0.15, -0.1) is 0 Å². The second-order valence-corrected chi connectivity index (χ2v) is 7.20. The molecule has 0 aromatic heterocycles. The maximum atomic E-state index is 13.6. The van der Waals surface area contributed by atoms with Gasteiger partial charge in [0.05, 0.1) is 5.56 Å². The average Bonchev–Trinajstić information content (AvgIpc) is 2.28. The van der Waals surface area contributed by atoms with Gasteiger partial charge in [0.2, 0.25) is 10.0 Å². The molecule has 0 atom stereocenters. The highest BCUT2D eigenvalue weighted by Gasteiger charge is 2.26. The molecular formula is C12H15F2NO4S. The molecule has 0 heterocycles. The highest BCUT2D eigenvalue weighted by molar-refractivity contribution is 7.89. The Balaban J connectivity index is 3.27. The second kappa shape index (κ2) is 5.45. The third-order valence-electron chi connectivity index (χ3n) is 2.32. The van der Waals surface area contributed by atoms with Crippen LogP contribution in [0.3, 0.4) is 0 Å². The Morgan fingerprint density at radius 1 is 1.30 bits per heavy atom. The Kier molecular flexibility index (Phi) is 4.50.